The molecule has 2 aromatic heterocycles. The summed E-state index contributed by atoms with van der Waals surface area (Å²) in [6.45, 7) is 0. The monoisotopic (exact) mass is 265 g/mol. The quantitative estimate of drug-likeness (QED) is 0.791. The number of hydrogen-bond donors (Lipinski definition) is 1. The predicted octanol–water partition coefficient (Wildman–Crippen LogP) is 2.77. The van der Waals surface area contributed by atoms with Crippen molar-refractivity contribution in [3.05, 3.63) is 60.6 Å². The SMILES string of the molecule is CN(C(=O)Cc1c[nH]c2ccccc12)c1ccncc1. The first-order valence-electron chi connectivity index (χ1n) is 6.47. The molecule has 0 saturated carbocycles. The van der Waals surface area contributed by atoms with E-state index in [9.17, 15) is 4.79 Å². The molecule has 0 bridgehead atoms. The Hall–Kier alpha value is -2.62. The number of carbonyl (C=O) groups is 1. The third-order valence-corrected chi connectivity index (χ3v) is 3.44. The maximum Gasteiger partial charge on any atom is 0.231 e. The zero-order valence-corrected chi connectivity index (χ0v) is 11.2. The van der Waals surface area contributed by atoms with Crippen LogP contribution < -0.4 is 4.90 Å². The van der Waals surface area contributed by atoms with Gasteiger partial charge in [0.15, 0.2) is 0 Å². The van der Waals surface area contributed by atoms with Crippen molar-refractivity contribution >= 4 is 22.5 Å². The van der Waals surface area contributed by atoms with Gasteiger partial charge in [0.2, 0.25) is 5.91 Å². The smallest absolute Gasteiger partial charge is 0.231 e. The molecule has 2 heterocycles. The van der Waals surface area contributed by atoms with Crippen LogP contribution in [0.1, 0.15) is 5.56 Å². The second-order valence-electron chi connectivity index (χ2n) is 4.69. The van der Waals surface area contributed by atoms with E-state index in [0.29, 0.717) is 6.42 Å². The Labute approximate surface area is 117 Å². The Morgan fingerprint density at radius 3 is 2.75 bits per heavy atom. The van der Waals surface area contributed by atoms with Gasteiger partial charge >= 0.3 is 0 Å². The summed E-state index contributed by atoms with van der Waals surface area (Å²) in [7, 11) is 1.78. The first-order chi connectivity index (χ1) is 9.75. The molecule has 0 aliphatic carbocycles. The molecule has 0 atom stereocenters. The maximum absolute atomic E-state index is 12.3. The zero-order valence-electron chi connectivity index (χ0n) is 11.2. The average molecular weight is 265 g/mol. The standard InChI is InChI=1S/C16H15N3O/c1-19(13-6-8-17-9-7-13)16(20)10-12-11-18-15-5-3-2-4-14(12)15/h2-9,11,18H,10H2,1H3. The molecule has 0 saturated heterocycles. The zero-order chi connectivity index (χ0) is 13.9. The molecule has 4 heteroatoms. The highest BCUT2D eigenvalue weighted by atomic mass is 16.2. The summed E-state index contributed by atoms with van der Waals surface area (Å²) in [4.78, 5) is 21.2. The molecule has 100 valence electrons. The Kier molecular flexibility index (Phi) is 3.21. The molecule has 4 nitrogen and oxygen atoms in total. The molecule has 1 N–H and O–H groups in total. The van der Waals surface area contributed by atoms with E-state index in [4.69, 9.17) is 0 Å². The van der Waals surface area contributed by atoms with Gasteiger partial charge in [-0.3, -0.25) is 9.78 Å². The lowest BCUT2D eigenvalue weighted by Crippen LogP contribution is -2.27. The highest BCUT2D eigenvalue weighted by Gasteiger charge is 2.13. The van der Waals surface area contributed by atoms with Crippen molar-refractivity contribution in [2.24, 2.45) is 0 Å². The van der Waals surface area contributed by atoms with Gasteiger partial charge in [0.05, 0.1) is 6.42 Å². The van der Waals surface area contributed by atoms with E-state index in [-0.39, 0.29) is 5.91 Å². The topological polar surface area (TPSA) is 49.0 Å². The number of fused-ring (bicyclic) bond motifs is 1. The number of pyridine rings is 1. The predicted molar refractivity (Wildman–Crippen MR) is 79.6 cm³/mol. The van der Waals surface area contributed by atoms with Crippen molar-refractivity contribution in [2.45, 2.75) is 6.42 Å². The van der Waals surface area contributed by atoms with E-state index in [1.165, 1.54) is 0 Å². The molecule has 0 radical (unpaired) electrons. The van der Waals surface area contributed by atoms with Crippen LogP contribution in [-0.2, 0) is 11.2 Å². The van der Waals surface area contributed by atoms with Crippen LogP contribution in [0.15, 0.2) is 55.0 Å². The molecule has 0 aliphatic heterocycles. The summed E-state index contributed by atoms with van der Waals surface area (Å²) in [5.74, 6) is 0.0564. The van der Waals surface area contributed by atoms with Gasteiger partial charge in [0, 0.05) is 42.2 Å². The lowest BCUT2D eigenvalue weighted by molar-refractivity contribution is -0.117. The number of rotatable bonds is 3. The summed E-state index contributed by atoms with van der Waals surface area (Å²) >= 11 is 0. The minimum atomic E-state index is 0.0564. The van der Waals surface area contributed by atoms with Crippen LogP contribution >= 0.6 is 0 Å². The van der Waals surface area contributed by atoms with Crippen molar-refractivity contribution < 1.29 is 4.79 Å². The molecule has 0 spiro atoms. The lowest BCUT2D eigenvalue weighted by Gasteiger charge is -2.16. The van der Waals surface area contributed by atoms with Crippen LogP contribution in [0.2, 0.25) is 0 Å². The van der Waals surface area contributed by atoms with Crippen molar-refractivity contribution in [3.8, 4) is 0 Å². The van der Waals surface area contributed by atoms with Crippen molar-refractivity contribution in [3.63, 3.8) is 0 Å². The molecule has 1 amide bonds. The maximum atomic E-state index is 12.3. The van der Waals surface area contributed by atoms with Crippen molar-refractivity contribution in [1.82, 2.24) is 9.97 Å². The van der Waals surface area contributed by atoms with Crippen LogP contribution in [0.5, 0.6) is 0 Å². The molecule has 20 heavy (non-hydrogen) atoms. The van der Waals surface area contributed by atoms with E-state index in [2.05, 4.69) is 9.97 Å². The number of nitrogens with zero attached hydrogens (tertiary/aromatic N) is 2. The Morgan fingerprint density at radius 2 is 1.95 bits per heavy atom. The molecule has 1 aromatic carbocycles. The van der Waals surface area contributed by atoms with E-state index in [1.807, 2.05) is 42.6 Å². The highest BCUT2D eigenvalue weighted by Crippen LogP contribution is 2.19. The summed E-state index contributed by atoms with van der Waals surface area (Å²) in [5.41, 5.74) is 2.93. The minimum absolute atomic E-state index is 0.0564. The largest absolute Gasteiger partial charge is 0.361 e. The number of benzene rings is 1. The Bertz CT molecular complexity index is 734. The van der Waals surface area contributed by atoms with Crippen LogP contribution in [0.3, 0.4) is 0 Å². The number of amides is 1. The molecule has 3 aromatic rings. The number of aromatic amines is 1. The summed E-state index contributed by atoms with van der Waals surface area (Å²) in [6.07, 6.45) is 5.65. The third-order valence-electron chi connectivity index (χ3n) is 3.44. The van der Waals surface area contributed by atoms with Gasteiger partial charge in [0.1, 0.15) is 0 Å². The first-order valence-corrected chi connectivity index (χ1v) is 6.47. The van der Waals surface area contributed by atoms with E-state index in [0.717, 1.165) is 22.2 Å². The normalized spacial score (nSPS) is 10.7. The van der Waals surface area contributed by atoms with Gasteiger partial charge in [-0.25, -0.2) is 0 Å². The molecule has 3 rings (SSSR count). The molecule has 0 fully saturated rings. The van der Waals surface area contributed by atoms with Crippen LogP contribution in [0.4, 0.5) is 5.69 Å². The number of hydrogen-bond acceptors (Lipinski definition) is 2. The number of likely N-dealkylation sites (N-methyl/N-ethyl adjacent to an activating group) is 1. The van der Waals surface area contributed by atoms with Crippen LogP contribution in [0, 0.1) is 0 Å². The summed E-state index contributed by atoms with van der Waals surface area (Å²) < 4.78 is 0. The minimum Gasteiger partial charge on any atom is -0.361 e. The fourth-order valence-electron chi connectivity index (χ4n) is 2.27. The number of para-hydroxylation sites is 1. The second-order valence-corrected chi connectivity index (χ2v) is 4.69. The fraction of sp³-hybridized carbons (Fsp3) is 0.125. The summed E-state index contributed by atoms with van der Waals surface area (Å²) in [6, 6.07) is 11.7. The molecule has 0 unspecified atom stereocenters. The van der Waals surface area contributed by atoms with E-state index in [1.54, 1.807) is 24.3 Å². The van der Waals surface area contributed by atoms with Crippen molar-refractivity contribution in [1.29, 1.82) is 0 Å². The molecule has 0 aliphatic rings. The van der Waals surface area contributed by atoms with E-state index < -0.39 is 0 Å². The number of anilines is 1. The highest BCUT2D eigenvalue weighted by molar-refractivity contribution is 5.97. The van der Waals surface area contributed by atoms with E-state index >= 15 is 0 Å². The average Bonchev–Trinajstić information content (AvgIpc) is 2.91. The fourth-order valence-corrected chi connectivity index (χ4v) is 2.27. The van der Waals surface area contributed by atoms with Gasteiger partial charge in [0.25, 0.3) is 0 Å². The number of aromatic nitrogens is 2. The second kappa shape index (κ2) is 5.17. The lowest BCUT2D eigenvalue weighted by atomic mass is 10.1. The van der Waals surface area contributed by atoms with Crippen LogP contribution in [-0.4, -0.2) is 22.9 Å². The number of H-pyrrole nitrogens is 1. The Morgan fingerprint density at radius 1 is 1.20 bits per heavy atom. The molecular weight excluding hydrogens is 250 g/mol. The third kappa shape index (κ3) is 2.28. The van der Waals surface area contributed by atoms with Gasteiger partial charge in [-0.2, -0.15) is 0 Å². The van der Waals surface area contributed by atoms with Gasteiger partial charge < -0.3 is 9.88 Å². The number of carbonyl (C=O) groups excluding carboxylic acids is 1. The Balaban J connectivity index is 1.82. The van der Waals surface area contributed by atoms with Gasteiger partial charge in [-0.05, 0) is 23.8 Å². The number of nitrogens with one attached hydrogen (secondary N) is 1. The van der Waals surface area contributed by atoms with Crippen LogP contribution in [0.25, 0.3) is 10.9 Å². The first kappa shape index (κ1) is 12.4. The van der Waals surface area contributed by atoms with Gasteiger partial charge in [-0.1, -0.05) is 18.2 Å². The van der Waals surface area contributed by atoms with Gasteiger partial charge in [-0.15, -0.1) is 0 Å². The van der Waals surface area contributed by atoms with Crippen molar-refractivity contribution in [2.75, 3.05) is 11.9 Å². The molecular formula is C16H15N3O. The summed E-state index contributed by atoms with van der Waals surface area (Å²) in [5, 5.41) is 1.10.